The number of thiophene rings is 1. The molecule has 0 fully saturated rings. The fourth-order valence-corrected chi connectivity index (χ4v) is 3.69. The lowest BCUT2D eigenvalue weighted by Crippen LogP contribution is -2.20. The van der Waals surface area contributed by atoms with Crippen LogP contribution in [0.25, 0.3) is 0 Å². The number of hydrogen-bond donors (Lipinski definition) is 2. The zero-order chi connectivity index (χ0) is 20.6. The Morgan fingerprint density at radius 3 is 2.62 bits per heavy atom. The number of amides is 1. The molecule has 0 saturated heterocycles. The Balaban J connectivity index is 1.58. The molecule has 5 nitrogen and oxygen atoms in total. The van der Waals surface area contributed by atoms with Crippen molar-refractivity contribution in [2.24, 2.45) is 0 Å². The standard InChI is InChI=1S/C22H23ClN2O3S/c1-15-5-7-17(8-6-15)25-21(26)14-28-22-19(23)10-16(11-20(22)27-2)12-24-13-18-4-3-9-29-18/h3-11,24H,12-14H2,1-2H3,(H,25,26). The van der Waals surface area contributed by atoms with Crippen LogP contribution < -0.4 is 20.1 Å². The second kappa shape index (κ2) is 10.3. The van der Waals surface area contributed by atoms with E-state index in [1.165, 1.54) is 4.88 Å². The van der Waals surface area contributed by atoms with Gasteiger partial charge in [0.05, 0.1) is 12.1 Å². The number of methoxy groups -OCH3 is 1. The molecule has 1 aromatic heterocycles. The number of anilines is 1. The zero-order valence-electron chi connectivity index (χ0n) is 16.3. The minimum Gasteiger partial charge on any atom is -0.493 e. The van der Waals surface area contributed by atoms with Crippen molar-refractivity contribution >= 4 is 34.5 Å². The van der Waals surface area contributed by atoms with Crippen LogP contribution in [0.4, 0.5) is 5.69 Å². The summed E-state index contributed by atoms with van der Waals surface area (Å²) in [4.78, 5) is 13.4. The van der Waals surface area contributed by atoms with Crippen LogP contribution >= 0.6 is 22.9 Å². The molecule has 0 radical (unpaired) electrons. The lowest BCUT2D eigenvalue weighted by atomic mass is 10.2. The molecular formula is C22H23ClN2O3S. The van der Waals surface area contributed by atoms with Crippen molar-refractivity contribution in [1.29, 1.82) is 0 Å². The highest BCUT2D eigenvalue weighted by Gasteiger charge is 2.14. The monoisotopic (exact) mass is 430 g/mol. The molecule has 0 unspecified atom stereocenters. The van der Waals surface area contributed by atoms with Crippen LogP contribution in [0.3, 0.4) is 0 Å². The van der Waals surface area contributed by atoms with Gasteiger partial charge in [0.25, 0.3) is 5.91 Å². The molecule has 0 saturated carbocycles. The first-order valence-electron chi connectivity index (χ1n) is 9.14. The third-order valence-corrected chi connectivity index (χ3v) is 5.34. The van der Waals surface area contributed by atoms with E-state index in [2.05, 4.69) is 22.1 Å². The highest BCUT2D eigenvalue weighted by molar-refractivity contribution is 7.09. The Hall–Kier alpha value is -2.54. The Kier molecular flexibility index (Phi) is 7.52. The summed E-state index contributed by atoms with van der Waals surface area (Å²) in [6, 6.07) is 15.4. The second-order valence-corrected chi connectivity index (χ2v) is 7.93. The SMILES string of the molecule is COc1cc(CNCc2cccs2)cc(Cl)c1OCC(=O)Nc1ccc(C)cc1. The van der Waals surface area contributed by atoms with Crippen LogP contribution in [0.15, 0.2) is 53.9 Å². The summed E-state index contributed by atoms with van der Waals surface area (Å²) in [5, 5.41) is 8.62. The number of rotatable bonds is 9. The number of benzene rings is 2. The quantitative estimate of drug-likeness (QED) is 0.500. The van der Waals surface area contributed by atoms with Gasteiger partial charge in [-0.25, -0.2) is 0 Å². The van der Waals surface area contributed by atoms with Crippen LogP contribution in [0.1, 0.15) is 16.0 Å². The maximum absolute atomic E-state index is 12.2. The number of ether oxygens (including phenoxy) is 2. The topological polar surface area (TPSA) is 59.6 Å². The fraction of sp³-hybridized carbons (Fsp3) is 0.227. The van der Waals surface area contributed by atoms with Gasteiger partial charge >= 0.3 is 0 Å². The molecule has 1 amide bonds. The average Bonchev–Trinajstić information content (AvgIpc) is 3.22. The van der Waals surface area contributed by atoms with Gasteiger partial charge in [-0.1, -0.05) is 35.4 Å². The van der Waals surface area contributed by atoms with E-state index in [-0.39, 0.29) is 12.5 Å². The number of carbonyl (C=O) groups is 1. The summed E-state index contributed by atoms with van der Waals surface area (Å²) in [6.45, 7) is 3.25. The largest absolute Gasteiger partial charge is 0.493 e. The van der Waals surface area contributed by atoms with E-state index in [0.29, 0.717) is 23.1 Å². The Labute approximate surface area is 179 Å². The second-order valence-electron chi connectivity index (χ2n) is 6.49. The number of hydrogen-bond acceptors (Lipinski definition) is 5. The minimum atomic E-state index is -0.270. The molecule has 0 aliphatic heterocycles. The van der Waals surface area contributed by atoms with Crippen LogP contribution in [-0.2, 0) is 17.9 Å². The molecule has 0 atom stereocenters. The first kappa shape index (κ1) is 21.2. The number of nitrogens with one attached hydrogen (secondary N) is 2. The first-order valence-corrected chi connectivity index (χ1v) is 10.4. The van der Waals surface area contributed by atoms with Crippen molar-refractivity contribution in [3.8, 4) is 11.5 Å². The molecule has 2 N–H and O–H groups in total. The van der Waals surface area contributed by atoms with Crippen LogP contribution in [0.2, 0.25) is 5.02 Å². The minimum absolute atomic E-state index is 0.167. The lowest BCUT2D eigenvalue weighted by molar-refractivity contribution is -0.118. The van der Waals surface area contributed by atoms with Gasteiger partial charge in [0.2, 0.25) is 0 Å². The third kappa shape index (κ3) is 6.22. The van der Waals surface area contributed by atoms with Crippen molar-refractivity contribution < 1.29 is 14.3 Å². The lowest BCUT2D eigenvalue weighted by Gasteiger charge is -2.14. The molecule has 1 heterocycles. The molecule has 0 aliphatic carbocycles. The molecule has 152 valence electrons. The maximum Gasteiger partial charge on any atom is 0.262 e. The highest BCUT2D eigenvalue weighted by Crippen LogP contribution is 2.36. The van der Waals surface area contributed by atoms with Crippen LogP contribution in [0.5, 0.6) is 11.5 Å². The van der Waals surface area contributed by atoms with Crippen molar-refractivity contribution in [2.75, 3.05) is 19.0 Å². The number of carbonyl (C=O) groups excluding carboxylic acids is 1. The van der Waals surface area contributed by atoms with Gasteiger partial charge in [-0.3, -0.25) is 4.79 Å². The van der Waals surface area contributed by atoms with Crippen molar-refractivity contribution in [3.05, 3.63) is 74.9 Å². The van der Waals surface area contributed by atoms with E-state index >= 15 is 0 Å². The van der Waals surface area contributed by atoms with Gasteiger partial charge < -0.3 is 20.1 Å². The van der Waals surface area contributed by atoms with E-state index in [1.807, 2.05) is 49.4 Å². The third-order valence-electron chi connectivity index (χ3n) is 4.18. The molecule has 0 bridgehead atoms. The van der Waals surface area contributed by atoms with Gasteiger partial charge in [-0.2, -0.15) is 0 Å². The summed E-state index contributed by atoms with van der Waals surface area (Å²) in [5.74, 6) is 0.581. The highest BCUT2D eigenvalue weighted by atomic mass is 35.5. The van der Waals surface area contributed by atoms with Gasteiger partial charge in [-0.15, -0.1) is 11.3 Å². The van der Waals surface area contributed by atoms with Gasteiger partial charge in [-0.05, 0) is 48.2 Å². The Morgan fingerprint density at radius 2 is 1.93 bits per heavy atom. The van der Waals surface area contributed by atoms with E-state index in [0.717, 1.165) is 23.4 Å². The molecule has 0 aliphatic rings. The van der Waals surface area contributed by atoms with E-state index in [1.54, 1.807) is 18.4 Å². The molecule has 7 heteroatoms. The van der Waals surface area contributed by atoms with Crippen molar-refractivity contribution in [3.63, 3.8) is 0 Å². The van der Waals surface area contributed by atoms with Crippen molar-refractivity contribution in [2.45, 2.75) is 20.0 Å². The normalized spacial score (nSPS) is 10.6. The van der Waals surface area contributed by atoms with E-state index < -0.39 is 0 Å². The summed E-state index contributed by atoms with van der Waals surface area (Å²) in [7, 11) is 1.55. The summed E-state index contributed by atoms with van der Waals surface area (Å²) in [5.41, 5.74) is 2.81. The first-order chi connectivity index (χ1) is 14.0. The average molecular weight is 431 g/mol. The number of halogens is 1. The maximum atomic E-state index is 12.2. The molecule has 0 spiro atoms. The Morgan fingerprint density at radius 1 is 1.14 bits per heavy atom. The molecular weight excluding hydrogens is 408 g/mol. The summed E-state index contributed by atoms with van der Waals surface area (Å²) in [6.07, 6.45) is 0. The van der Waals surface area contributed by atoms with E-state index in [9.17, 15) is 4.79 Å². The summed E-state index contributed by atoms with van der Waals surface area (Å²) < 4.78 is 11.1. The van der Waals surface area contributed by atoms with Crippen LogP contribution in [0, 0.1) is 6.92 Å². The molecule has 3 rings (SSSR count). The van der Waals surface area contributed by atoms with Gasteiger partial charge in [0.15, 0.2) is 18.1 Å². The van der Waals surface area contributed by atoms with Gasteiger partial charge in [0.1, 0.15) is 0 Å². The van der Waals surface area contributed by atoms with Gasteiger partial charge in [0, 0.05) is 23.7 Å². The summed E-state index contributed by atoms with van der Waals surface area (Å²) >= 11 is 8.10. The molecule has 3 aromatic rings. The number of aryl methyl sites for hydroxylation is 1. The smallest absolute Gasteiger partial charge is 0.262 e. The fourth-order valence-electron chi connectivity index (χ4n) is 2.73. The predicted octanol–water partition coefficient (Wildman–Crippen LogP) is 5.03. The van der Waals surface area contributed by atoms with E-state index in [4.69, 9.17) is 21.1 Å². The predicted molar refractivity (Wildman–Crippen MR) is 118 cm³/mol. The van der Waals surface area contributed by atoms with Crippen molar-refractivity contribution in [1.82, 2.24) is 5.32 Å². The zero-order valence-corrected chi connectivity index (χ0v) is 17.9. The molecule has 29 heavy (non-hydrogen) atoms. The Bertz CT molecular complexity index is 943. The molecule has 2 aromatic carbocycles. The van der Waals surface area contributed by atoms with Crippen LogP contribution in [-0.4, -0.2) is 19.6 Å².